The van der Waals surface area contributed by atoms with Gasteiger partial charge in [-0.05, 0) is 50.5 Å². The number of nitrogens with one attached hydrogen (secondary N) is 2. The average molecular weight is 475 g/mol. The van der Waals surface area contributed by atoms with Crippen molar-refractivity contribution in [3.8, 4) is 0 Å². The van der Waals surface area contributed by atoms with Gasteiger partial charge in [-0.15, -0.1) is 0 Å². The van der Waals surface area contributed by atoms with E-state index < -0.39 is 0 Å². The maximum Gasteiger partial charge on any atom is 0.241 e. The molecule has 172 valence electrons. The van der Waals surface area contributed by atoms with Crippen LogP contribution in [0.5, 0.6) is 0 Å². The molecule has 0 saturated heterocycles. The molecule has 0 unspecified atom stereocenters. The number of nitrogens with zero attached hydrogens (tertiary/aromatic N) is 6. The minimum Gasteiger partial charge on any atom is -0.339 e. The number of hydrogen-bond donors (Lipinski definition) is 2. The van der Waals surface area contributed by atoms with Crippen LogP contribution in [0, 0.1) is 0 Å². The first-order valence-electron chi connectivity index (χ1n) is 10.8. The molecule has 34 heavy (non-hydrogen) atoms. The van der Waals surface area contributed by atoms with Crippen molar-refractivity contribution in [1.82, 2.24) is 24.8 Å². The SMILES string of the molecule is CN(C)CC(=O)N1CCc2ncc(Nc3nccc(Nc4cnc5ccc(Cl)cc5c4)n3)cc21. The normalized spacial score (nSPS) is 12.8. The second-order valence-corrected chi connectivity index (χ2v) is 8.74. The van der Waals surface area contributed by atoms with Gasteiger partial charge in [-0.25, -0.2) is 4.98 Å². The Hall–Kier alpha value is -3.82. The van der Waals surface area contributed by atoms with Crippen LogP contribution in [0.15, 0.2) is 55.0 Å². The Morgan fingerprint density at radius 2 is 1.88 bits per heavy atom. The van der Waals surface area contributed by atoms with E-state index in [9.17, 15) is 4.79 Å². The molecule has 0 aliphatic carbocycles. The molecule has 0 spiro atoms. The average Bonchev–Trinajstić information content (AvgIpc) is 3.22. The Morgan fingerprint density at radius 3 is 2.74 bits per heavy atom. The number of pyridine rings is 2. The third-order valence-corrected chi connectivity index (χ3v) is 5.63. The lowest BCUT2D eigenvalue weighted by Gasteiger charge is -2.20. The smallest absolute Gasteiger partial charge is 0.241 e. The molecule has 3 aromatic heterocycles. The summed E-state index contributed by atoms with van der Waals surface area (Å²) in [4.78, 5) is 34.1. The van der Waals surface area contributed by atoms with Gasteiger partial charge in [0.2, 0.25) is 11.9 Å². The molecule has 0 bridgehead atoms. The number of amides is 1. The molecule has 4 aromatic rings. The fourth-order valence-corrected chi connectivity index (χ4v) is 4.05. The van der Waals surface area contributed by atoms with Crippen LogP contribution in [0.1, 0.15) is 5.69 Å². The van der Waals surface area contributed by atoms with E-state index in [0.717, 1.165) is 34.4 Å². The summed E-state index contributed by atoms with van der Waals surface area (Å²) < 4.78 is 0. The largest absolute Gasteiger partial charge is 0.339 e. The quantitative estimate of drug-likeness (QED) is 0.432. The van der Waals surface area contributed by atoms with Crippen LogP contribution in [0.25, 0.3) is 10.9 Å². The van der Waals surface area contributed by atoms with Gasteiger partial charge in [0, 0.05) is 29.6 Å². The number of aromatic nitrogens is 4. The molecule has 0 saturated carbocycles. The lowest BCUT2D eigenvalue weighted by atomic mass is 10.2. The van der Waals surface area contributed by atoms with Crippen LogP contribution in [0.3, 0.4) is 0 Å². The maximum atomic E-state index is 12.6. The lowest BCUT2D eigenvalue weighted by Crippen LogP contribution is -2.36. The molecule has 0 fully saturated rings. The fourth-order valence-electron chi connectivity index (χ4n) is 3.87. The van der Waals surface area contributed by atoms with Gasteiger partial charge in [0.15, 0.2) is 0 Å². The number of anilines is 5. The second kappa shape index (κ2) is 9.20. The molecule has 0 atom stereocenters. The van der Waals surface area contributed by atoms with Crippen LogP contribution >= 0.6 is 11.6 Å². The van der Waals surface area contributed by atoms with E-state index in [-0.39, 0.29) is 5.91 Å². The molecule has 2 N–H and O–H groups in total. The zero-order valence-electron chi connectivity index (χ0n) is 18.8. The van der Waals surface area contributed by atoms with Gasteiger partial charge in [-0.2, -0.15) is 4.98 Å². The van der Waals surface area contributed by atoms with Crippen LogP contribution < -0.4 is 15.5 Å². The number of carbonyl (C=O) groups is 1. The zero-order valence-corrected chi connectivity index (χ0v) is 19.5. The second-order valence-electron chi connectivity index (χ2n) is 8.30. The zero-order chi connectivity index (χ0) is 23.7. The van der Waals surface area contributed by atoms with Gasteiger partial charge < -0.3 is 20.4 Å². The molecular weight excluding hydrogens is 452 g/mol. The summed E-state index contributed by atoms with van der Waals surface area (Å²) in [5, 5.41) is 8.03. The number of benzene rings is 1. The molecule has 0 radical (unpaired) electrons. The highest BCUT2D eigenvalue weighted by molar-refractivity contribution is 6.31. The molecule has 1 aromatic carbocycles. The highest BCUT2D eigenvalue weighted by atomic mass is 35.5. The molecular formula is C24H23ClN8O. The van der Waals surface area contributed by atoms with Crippen LogP contribution in [-0.2, 0) is 11.2 Å². The highest BCUT2D eigenvalue weighted by Gasteiger charge is 2.26. The topological polar surface area (TPSA) is 99.2 Å². The van der Waals surface area contributed by atoms with Crippen molar-refractivity contribution in [2.75, 3.05) is 42.7 Å². The number of fused-ring (bicyclic) bond motifs is 2. The molecule has 1 amide bonds. The number of halogens is 1. The van der Waals surface area contributed by atoms with Gasteiger partial charge in [0.1, 0.15) is 5.82 Å². The van der Waals surface area contributed by atoms with Crippen molar-refractivity contribution < 1.29 is 4.79 Å². The molecule has 9 nitrogen and oxygen atoms in total. The van der Waals surface area contributed by atoms with Gasteiger partial charge >= 0.3 is 0 Å². The molecule has 4 heterocycles. The summed E-state index contributed by atoms with van der Waals surface area (Å²) in [5.41, 5.74) is 4.10. The first-order chi connectivity index (χ1) is 16.4. The summed E-state index contributed by atoms with van der Waals surface area (Å²) in [7, 11) is 3.76. The van der Waals surface area contributed by atoms with E-state index in [4.69, 9.17) is 11.6 Å². The van der Waals surface area contributed by atoms with Crippen molar-refractivity contribution >= 4 is 57.2 Å². The Labute approximate surface area is 201 Å². The fraction of sp³-hybridized carbons (Fsp3) is 0.208. The van der Waals surface area contributed by atoms with Crippen molar-refractivity contribution in [1.29, 1.82) is 0 Å². The highest BCUT2D eigenvalue weighted by Crippen LogP contribution is 2.30. The van der Waals surface area contributed by atoms with Gasteiger partial charge in [-0.3, -0.25) is 14.8 Å². The molecule has 5 rings (SSSR count). The van der Waals surface area contributed by atoms with E-state index >= 15 is 0 Å². The Balaban J connectivity index is 1.33. The number of rotatable bonds is 6. The summed E-state index contributed by atoms with van der Waals surface area (Å²) >= 11 is 6.11. The van der Waals surface area contributed by atoms with Gasteiger partial charge in [0.05, 0.1) is 47.2 Å². The first kappa shape index (κ1) is 22.0. The van der Waals surface area contributed by atoms with Crippen molar-refractivity contribution in [2.45, 2.75) is 6.42 Å². The molecule has 1 aliphatic rings. The van der Waals surface area contributed by atoms with Crippen molar-refractivity contribution in [3.05, 3.63) is 65.7 Å². The van der Waals surface area contributed by atoms with E-state index in [1.54, 1.807) is 29.6 Å². The third-order valence-electron chi connectivity index (χ3n) is 5.39. The summed E-state index contributed by atoms with van der Waals surface area (Å²) in [6.45, 7) is 0.989. The summed E-state index contributed by atoms with van der Waals surface area (Å²) in [6.07, 6.45) is 5.89. The van der Waals surface area contributed by atoms with Crippen LogP contribution in [0.4, 0.5) is 28.8 Å². The number of carbonyl (C=O) groups excluding carboxylic acids is 1. The third kappa shape index (κ3) is 4.75. The van der Waals surface area contributed by atoms with Crippen molar-refractivity contribution in [3.63, 3.8) is 0 Å². The van der Waals surface area contributed by atoms with Crippen LogP contribution in [-0.4, -0.2) is 57.9 Å². The Morgan fingerprint density at radius 1 is 1.06 bits per heavy atom. The summed E-state index contributed by atoms with van der Waals surface area (Å²) in [5.74, 6) is 1.07. The van der Waals surface area contributed by atoms with E-state index in [1.165, 1.54) is 0 Å². The Kier molecular flexibility index (Phi) is 5.95. The lowest BCUT2D eigenvalue weighted by molar-refractivity contribution is -0.119. The maximum absolute atomic E-state index is 12.6. The Bertz CT molecular complexity index is 1380. The van der Waals surface area contributed by atoms with Gasteiger partial charge in [-0.1, -0.05) is 11.6 Å². The number of hydrogen-bond acceptors (Lipinski definition) is 8. The monoisotopic (exact) mass is 474 g/mol. The first-order valence-corrected chi connectivity index (χ1v) is 11.2. The number of likely N-dealkylation sites (N-methyl/N-ethyl adjacent to an activating group) is 1. The van der Waals surface area contributed by atoms with Crippen molar-refractivity contribution in [2.24, 2.45) is 0 Å². The predicted molar refractivity (Wildman–Crippen MR) is 134 cm³/mol. The molecule has 1 aliphatic heterocycles. The predicted octanol–water partition coefficient (Wildman–Crippen LogP) is 4.01. The van der Waals surface area contributed by atoms with E-state index in [0.29, 0.717) is 35.6 Å². The van der Waals surface area contributed by atoms with Gasteiger partial charge in [0.25, 0.3) is 0 Å². The van der Waals surface area contributed by atoms with E-state index in [2.05, 4.69) is 30.6 Å². The van der Waals surface area contributed by atoms with Crippen LogP contribution in [0.2, 0.25) is 5.02 Å². The molecule has 10 heteroatoms. The van der Waals surface area contributed by atoms with E-state index in [1.807, 2.05) is 49.3 Å². The standard InChI is InChI=1S/C24H23ClN8O/c1-32(2)14-23(34)33-8-6-20-21(33)11-18(13-28-20)30-24-26-7-5-22(31-24)29-17-10-15-9-16(25)3-4-19(15)27-12-17/h3-5,7,9-13H,6,8,14H2,1-2H3,(H2,26,29,30,31). The minimum atomic E-state index is 0.0513. The summed E-state index contributed by atoms with van der Waals surface area (Å²) in [6, 6.07) is 11.2. The minimum absolute atomic E-state index is 0.0513.